The van der Waals surface area contributed by atoms with Gasteiger partial charge in [-0.15, -0.1) is 0 Å². The van der Waals surface area contributed by atoms with Crippen LogP contribution < -0.4 is 18.5 Å². The van der Waals surface area contributed by atoms with Crippen LogP contribution in [0, 0.1) is 6.92 Å². The van der Waals surface area contributed by atoms with Crippen LogP contribution in [0.3, 0.4) is 0 Å². The van der Waals surface area contributed by atoms with E-state index in [1.807, 2.05) is 0 Å². The number of para-hydroxylation sites is 1. The number of hydrogen-bond donors (Lipinski definition) is 4. The van der Waals surface area contributed by atoms with E-state index in [2.05, 4.69) is 9.05 Å². The zero-order chi connectivity index (χ0) is 19.5. The molecule has 2 aromatic carbocycles. The van der Waals surface area contributed by atoms with Crippen molar-refractivity contribution >= 4 is 15.6 Å². The second kappa shape index (κ2) is 12.6. The predicted octanol–water partition coefficient (Wildman–Crippen LogP) is 5.28. The summed E-state index contributed by atoms with van der Waals surface area (Å²) < 4.78 is 42.0. The lowest BCUT2D eigenvalue weighted by atomic mass is 10.2. The molecule has 30 heavy (non-hydrogen) atoms. The Morgan fingerprint density at radius 3 is 1.73 bits per heavy atom. The van der Waals surface area contributed by atoms with E-state index in [1.54, 1.807) is 13.0 Å². The van der Waals surface area contributed by atoms with Gasteiger partial charge in [0.2, 0.25) is 5.75 Å². The molecule has 2 rings (SSSR count). The van der Waals surface area contributed by atoms with Gasteiger partial charge in [0.1, 0.15) is 0 Å². The summed E-state index contributed by atoms with van der Waals surface area (Å²) in [5.41, 5.74) is 0.659. The number of phosphoric ester groups is 2. The number of benzene rings is 2. The van der Waals surface area contributed by atoms with Crippen molar-refractivity contribution in [3.8, 4) is 28.7 Å². The minimum Gasteiger partial charge on any atom is -0.490 e. The van der Waals surface area contributed by atoms with E-state index < -0.39 is 15.6 Å². The second-order valence-electron chi connectivity index (χ2n) is 5.00. The first-order valence-corrected chi connectivity index (χ1v) is 10.0. The first kappa shape index (κ1) is 32.6. The highest BCUT2D eigenvalue weighted by Crippen LogP contribution is 2.48. The summed E-state index contributed by atoms with van der Waals surface area (Å²) in [6.07, 6.45) is 0. The zero-order valence-corrected chi connectivity index (χ0v) is 15.4. The van der Waals surface area contributed by atoms with Crippen molar-refractivity contribution in [2.24, 2.45) is 0 Å². The molecular formula is C18H32O10P2. The molecule has 10 nitrogen and oxygen atoms in total. The van der Waals surface area contributed by atoms with E-state index in [0.29, 0.717) is 5.56 Å². The minimum atomic E-state index is -4.84. The molecule has 0 spiro atoms. The minimum absolute atomic E-state index is 0. The van der Waals surface area contributed by atoms with Crippen molar-refractivity contribution < 1.29 is 47.2 Å². The van der Waals surface area contributed by atoms with Crippen LogP contribution in [0.25, 0.3) is 0 Å². The number of methoxy groups -OCH3 is 1. The summed E-state index contributed by atoms with van der Waals surface area (Å²) in [5.74, 6) is -0.688. The molecule has 174 valence electrons. The predicted molar refractivity (Wildman–Crippen MR) is 117 cm³/mol. The number of rotatable bonds is 7. The maximum atomic E-state index is 11.1. The smallest absolute Gasteiger partial charge is 0.490 e. The Hall–Kier alpha value is -2.06. The molecule has 0 unspecified atom stereocenters. The van der Waals surface area contributed by atoms with Gasteiger partial charge in [0.05, 0.1) is 7.11 Å². The lowest BCUT2D eigenvalue weighted by Crippen LogP contribution is -1.98. The normalized spacial score (nSPS) is 10.2. The van der Waals surface area contributed by atoms with E-state index in [9.17, 15) is 9.13 Å². The van der Waals surface area contributed by atoms with Crippen molar-refractivity contribution in [1.82, 2.24) is 0 Å². The molecule has 0 aliphatic heterocycles. The molecule has 4 N–H and O–H groups in total. The van der Waals surface area contributed by atoms with Crippen LogP contribution in [0.4, 0.5) is 0 Å². The molecule has 0 atom stereocenters. The van der Waals surface area contributed by atoms with Crippen molar-refractivity contribution in [3.05, 3.63) is 42.0 Å². The maximum Gasteiger partial charge on any atom is 0.524 e. The standard InChI is InChI=1S/C14H16O10P2.4CH4/c1-9-6-7-10(13(8-9)24-26(18,19)20)22-11-4-3-5-12(14(11)21-2)23-25(15,16)17;;;;/h3-8H,1-2H3,(H2,15,16,17)(H2,18,19,20);4*1H4. The fourth-order valence-electron chi connectivity index (χ4n) is 1.99. The van der Waals surface area contributed by atoms with Crippen molar-refractivity contribution in [1.29, 1.82) is 0 Å². The summed E-state index contributed by atoms with van der Waals surface area (Å²) in [4.78, 5) is 36.0. The van der Waals surface area contributed by atoms with Gasteiger partial charge in [-0.05, 0) is 36.8 Å². The lowest BCUT2D eigenvalue weighted by molar-refractivity contribution is 0.270. The van der Waals surface area contributed by atoms with Gasteiger partial charge in [-0.1, -0.05) is 41.8 Å². The van der Waals surface area contributed by atoms with Crippen molar-refractivity contribution in [2.75, 3.05) is 7.11 Å². The highest BCUT2D eigenvalue weighted by atomic mass is 31.2. The molecule has 0 heterocycles. The molecule has 0 saturated carbocycles. The van der Waals surface area contributed by atoms with Gasteiger partial charge in [-0.2, -0.15) is 0 Å². The van der Waals surface area contributed by atoms with E-state index >= 15 is 0 Å². The maximum absolute atomic E-state index is 11.1. The third kappa shape index (κ3) is 9.63. The molecular weight excluding hydrogens is 438 g/mol. The Labute approximate surface area is 177 Å². The highest BCUT2D eigenvalue weighted by Gasteiger charge is 2.23. The first-order valence-electron chi connectivity index (χ1n) is 6.94. The number of aryl methyl sites for hydroxylation is 1. The molecule has 0 radical (unpaired) electrons. The van der Waals surface area contributed by atoms with Gasteiger partial charge < -0.3 is 18.5 Å². The molecule has 0 saturated heterocycles. The average molecular weight is 470 g/mol. The molecule has 12 heteroatoms. The number of ether oxygens (including phenoxy) is 2. The molecule has 0 aliphatic rings. The van der Waals surface area contributed by atoms with Crippen LogP contribution in [0.2, 0.25) is 0 Å². The third-order valence-electron chi connectivity index (χ3n) is 2.90. The van der Waals surface area contributed by atoms with Crippen LogP contribution in [0.5, 0.6) is 28.7 Å². The molecule has 0 aromatic heterocycles. The van der Waals surface area contributed by atoms with Gasteiger partial charge >= 0.3 is 15.6 Å². The molecule has 2 aromatic rings. The molecule has 0 amide bonds. The number of phosphoric acid groups is 2. The Balaban J connectivity index is -0.00000182. The van der Waals surface area contributed by atoms with Gasteiger partial charge in [-0.25, -0.2) is 9.13 Å². The van der Waals surface area contributed by atoms with E-state index in [1.165, 1.54) is 37.4 Å². The number of hydrogen-bond acceptors (Lipinski definition) is 6. The molecule has 0 bridgehead atoms. The average Bonchev–Trinajstić information content (AvgIpc) is 2.47. The quantitative estimate of drug-likeness (QED) is 0.393. The van der Waals surface area contributed by atoms with Gasteiger partial charge in [0.25, 0.3) is 0 Å². The Morgan fingerprint density at radius 1 is 0.733 bits per heavy atom. The van der Waals surface area contributed by atoms with Crippen LogP contribution in [0.15, 0.2) is 36.4 Å². The summed E-state index contributed by atoms with van der Waals surface area (Å²) in [5, 5.41) is 0. The largest absolute Gasteiger partial charge is 0.524 e. The van der Waals surface area contributed by atoms with E-state index in [-0.39, 0.29) is 58.5 Å². The van der Waals surface area contributed by atoms with Crippen LogP contribution in [-0.2, 0) is 9.13 Å². The fourth-order valence-corrected chi connectivity index (χ4v) is 2.79. The molecule has 0 fully saturated rings. The van der Waals surface area contributed by atoms with Gasteiger partial charge in [0, 0.05) is 0 Å². The summed E-state index contributed by atoms with van der Waals surface area (Å²) in [6, 6.07) is 8.44. The molecule has 0 aliphatic carbocycles. The highest BCUT2D eigenvalue weighted by molar-refractivity contribution is 7.47. The van der Waals surface area contributed by atoms with Crippen molar-refractivity contribution in [2.45, 2.75) is 36.6 Å². The Kier molecular flexibility index (Phi) is 13.7. The third-order valence-corrected chi connectivity index (χ3v) is 3.77. The van der Waals surface area contributed by atoms with Crippen LogP contribution in [0.1, 0.15) is 35.3 Å². The van der Waals surface area contributed by atoms with Crippen molar-refractivity contribution in [3.63, 3.8) is 0 Å². The summed E-state index contributed by atoms with van der Waals surface area (Å²) in [7, 11) is -8.44. The fraction of sp³-hybridized carbons (Fsp3) is 0.333. The van der Waals surface area contributed by atoms with Crippen LogP contribution in [-0.4, -0.2) is 26.7 Å². The van der Waals surface area contributed by atoms with Gasteiger partial charge in [-0.3, -0.25) is 19.6 Å². The van der Waals surface area contributed by atoms with E-state index in [4.69, 9.17) is 29.0 Å². The second-order valence-corrected chi connectivity index (χ2v) is 7.33. The monoisotopic (exact) mass is 470 g/mol. The Bertz CT molecular complexity index is 889. The lowest BCUT2D eigenvalue weighted by Gasteiger charge is -2.17. The zero-order valence-electron chi connectivity index (χ0n) is 13.6. The Morgan fingerprint density at radius 2 is 1.23 bits per heavy atom. The van der Waals surface area contributed by atoms with Gasteiger partial charge in [0.15, 0.2) is 23.0 Å². The van der Waals surface area contributed by atoms with Crippen LogP contribution >= 0.6 is 15.6 Å². The topological polar surface area (TPSA) is 152 Å². The SMILES string of the molecule is C.C.C.C.COc1c(Oc2ccc(C)cc2OP(=O)(O)O)cccc1OP(=O)(O)O. The summed E-state index contributed by atoms with van der Waals surface area (Å²) in [6.45, 7) is 1.69. The summed E-state index contributed by atoms with van der Waals surface area (Å²) >= 11 is 0. The first-order chi connectivity index (χ1) is 12.0. The van der Waals surface area contributed by atoms with E-state index in [0.717, 1.165) is 0 Å².